The van der Waals surface area contributed by atoms with Crippen molar-refractivity contribution in [1.29, 1.82) is 10.5 Å². The Kier molecular flexibility index (Phi) is 19.6. The van der Waals surface area contributed by atoms with Gasteiger partial charge < -0.3 is 37.5 Å². The molecule has 0 spiro atoms. The SMILES string of the molecule is C.CC[C@H](Nc1nc(N)nc(C)c1C#N)c1nc2cccc(NCc3ccc(C(=O)NO)cc3)c2c(=O)n1-c1ccccc1.CC[C@H](Nc1nc(N)nc(C)c1C#N)c1nc2cccc(NCc3ccc(C(=O)OC)cc3)c2c(=O)n1-c1ccccc1. The first-order valence-electron chi connectivity index (χ1n) is 27.2. The largest absolute Gasteiger partial charge is 0.465 e. The fourth-order valence-corrected chi connectivity index (χ4v) is 9.71. The molecule has 10 N–H and O–H groups in total. The second-order valence-corrected chi connectivity index (χ2v) is 19.5. The molecule has 10 rings (SSSR count). The predicted octanol–water partition coefficient (Wildman–Crippen LogP) is 9.77. The van der Waals surface area contributed by atoms with Crippen LogP contribution in [0.4, 0.5) is 34.9 Å². The Balaban J connectivity index is 0.000000223. The molecule has 2 atom stereocenters. The zero-order chi connectivity index (χ0) is 61.0. The van der Waals surface area contributed by atoms with Gasteiger partial charge in [-0.05, 0) is 111 Å². The molecule has 4 aromatic heterocycles. The first-order chi connectivity index (χ1) is 41.7. The molecule has 4 heterocycles. The van der Waals surface area contributed by atoms with E-state index in [4.69, 9.17) is 31.4 Å². The van der Waals surface area contributed by atoms with Gasteiger partial charge >= 0.3 is 5.97 Å². The van der Waals surface area contributed by atoms with Crippen LogP contribution < -0.4 is 49.3 Å². The molecular weight excluding hydrogens is 1100 g/mol. The molecule has 0 aliphatic heterocycles. The molecule has 87 heavy (non-hydrogen) atoms. The van der Waals surface area contributed by atoms with Crippen molar-refractivity contribution in [3.63, 3.8) is 0 Å². The van der Waals surface area contributed by atoms with Crippen LogP contribution in [0.15, 0.2) is 155 Å². The lowest BCUT2D eigenvalue weighted by atomic mass is 10.1. The number of nitrogens with zero attached hydrogens (tertiary/aromatic N) is 10. The number of hydrogen-bond donors (Lipinski definition) is 8. The third kappa shape index (κ3) is 13.4. The van der Waals surface area contributed by atoms with Gasteiger partial charge in [0, 0.05) is 30.0 Å². The van der Waals surface area contributed by atoms with Crippen LogP contribution in [0.25, 0.3) is 33.2 Å². The molecule has 0 saturated heterocycles. The average molecular weight is 1170 g/mol. The molecule has 6 aromatic carbocycles. The number of hydroxylamine groups is 1. The molecule has 0 aliphatic carbocycles. The monoisotopic (exact) mass is 1170 g/mol. The van der Waals surface area contributed by atoms with E-state index in [9.17, 15) is 29.7 Å². The van der Waals surface area contributed by atoms with Gasteiger partial charge in [0.2, 0.25) is 11.9 Å². The number of anilines is 6. The van der Waals surface area contributed by atoms with Crippen molar-refractivity contribution < 1.29 is 19.5 Å². The van der Waals surface area contributed by atoms with Gasteiger partial charge in [-0.1, -0.05) is 94.1 Å². The van der Waals surface area contributed by atoms with E-state index in [1.165, 1.54) is 7.11 Å². The van der Waals surface area contributed by atoms with Crippen LogP contribution in [0.2, 0.25) is 0 Å². The van der Waals surface area contributed by atoms with Crippen LogP contribution in [-0.4, -0.2) is 63.2 Å². The third-order valence-electron chi connectivity index (χ3n) is 14.0. The standard InChI is InChI=1S/C32H30N8O3.C31H29N9O3.CH4/c1-4-24(37-28-23(17-33)19(2)36-32(34)39-28)29-38-26-12-8-11-25(27(26)30(41)40(29)22-9-6-5-7-10-22)35-18-20-13-15-21(16-14-20)31(42)43-3;1-3-23(36-27-22(16-32)18(2)35-31(33)38-27)28-37-25-11-7-10-24(26(25)30(42)40(28)21-8-5-4-6-9-21)34-17-19-12-14-20(15-13-19)29(41)39-43;/h5-16,24,35H,4,18H2,1-3H3,(H3,34,36,37,39);4-15,23,34,43H,3,17H2,1-2H3,(H,39,41)(H3,33,35,36,38);1H4/t24-;23-;/m00./s1. The topological polar surface area (TPSA) is 345 Å². The van der Waals surface area contributed by atoms with Crippen molar-refractivity contribution >= 4 is 68.6 Å². The van der Waals surface area contributed by atoms with E-state index in [0.29, 0.717) is 105 Å². The summed E-state index contributed by atoms with van der Waals surface area (Å²) in [6.07, 6.45) is 1.04. The van der Waals surface area contributed by atoms with Crippen molar-refractivity contribution in [3.8, 4) is 23.5 Å². The Hall–Kier alpha value is -11.6. The van der Waals surface area contributed by atoms with Crippen molar-refractivity contribution in [3.05, 3.63) is 223 Å². The van der Waals surface area contributed by atoms with Gasteiger partial charge in [-0.15, -0.1) is 0 Å². The maximum absolute atomic E-state index is 14.3. The summed E-state index contributed by atoms with van der Waals surface area (Å²) in [4.78, 5) is 78.8. The zero-order valence-corrected chi connectivity index (χ0v) is 47.5. The number of esters is 1. The van der Waals surface area contributed by atoms with Crippen molar-refractivity contribution in [2.75, 3.05) is 39.8 Å². The highest BCUT2D eigenvalue weighted by Gasteiger charge is 2.26. The summed E-state index contributed by atoms with van der Waals surface area (Å²) < 4.78 is 7.93. The van der Waals surface area contributed by atoms with E-state index in [-0.39, 0.29) is 53.2 Å². The predicted molar refractivity (Wildman–Crippen MR) is 335 cm³/mol. The minimum atomic E-state index is -0.598. The number of nitrogens with two attached hydrogens (primary N) is 2. The Labute approximate surface area is 500 Å². The van der Waals surface area contributed by atoms with E-state index in [0.717, 1.165) is 11.1 Å². The number of carbonyl (C=O) groups is 2. The number of amides is 1. The Morgan fingerprint density at radius 1 is 0.575 bits per heavy atom. The van der Waals surface area contributed by atoms with Gasteiger partial charge in [0.05, 0.1) is 69.3 Å². The molecule has 0 fully saturated rings. The summed E-state index contributed by atoms with van der Waals surface area (Å²) in [6, 6.07) is 46.4. The molecule has 23 nitrogen and oxygen atoms in total. The number of nitriles is 2. The number of benzene rings is 6. The number of fused-ring (bicyclic) bond motifs is 2. The van der Waals surface area contributed by atoms with Crippen LogP contribution in [0.5, 0.6) is 0 Å². The van der Waals surface area contributed by atoms with Crippen LogP contribution in [0, 0.1) is 36.5 Å². The van der Waals surface area contributed by atoms with Crippen molar-refractivity contribution in [2.24, 2.45) is 0 Å². The Bertz CT molecular complexity index is 4080. The summed E-state index contributed by atoms with van der Waals surface area (Å²) in [5.74, 6) is 0.519. The minimum Gasteiger partial charge on any atom is -0.465 e. The highest BCUT2D eigenvalue weighted by molar-refractivity contribution is 5.94. The number of nitrogens with one attached hydrogen (secondary N) is 5. The zero-order valence-electron chi connectivity index (χ0n) is 47.5. The summed E-state index contributed by atoms with van der Waals surface area (Å²) in [5, 5.41) is 42.5. The van der Waals surface area contributed by atoms with Crippen LogP contribution in [-0.2, 0) is 17.8 Å². The van der Waals surface area contributed by atoms with Crippen LogP contribution >= 0.6 is 0 Å². The highest BCUT2D eigenvalue weighted by atomic mass is 16.5. The number of rotatable bonds is 18. The molecule has 0 aliphatic rings. The fourth-order valence-electron chi connectivity index (χ4n) is 9.71. The summed E-state index contributed by atoms with van der Waals surface area (Å²) in [7, 11) is 1.34. The molecular formula is C64H63N17O6. The molecule has 0 unspecified atom stereocenters. The number of methoxy groups -OCH3 is 1. The van der Waals surface area contributed by atoms with Gasteiger partial charge in [0.1, 0.15) is 46.5 Å². The van der Waals surface area contributed by atoms with Gasteiger partial charge in [-0.2, -0.15) is 20.5 Å². The summed E-state index contributed by atoms with van der Waals surface area (Å²) in [6.45, 7) is 8.07. The van der Waals surface area contributed by atoms with Crippen LogP contribution in [0.1, 0.15) is 112 Å². The van der Waals surface area contributed by atoms with Crippen molar-refractivity contribution in [2.45, 2.75) is 73.1 Å². The molecule has 23 heteroatoms. The molecule has 0 bridgehead atoms. The van der Waals surface area contributed by atoms with Gasteiger partial charge in [0.25, 0.3) is 17.0 Å². The molecule has 0 radical (unpaired) electrons. The number of para-hydroxylation sites is 2. The molecule has 0 saturated carbocycles. The quantitative estimate of drug-likeness (QED) is 0.0225. The second kappa shape index (κ2) is 27.7. The smallest absolute Gasteiger partial charge is 0.337 e. The first kappa shape index (κ1) is 61.5. The fraction of sp³-hybridized carbons (Fsp3) is 0.188. The summed E-state index contributed by atoms with van der Waals surface area (Å²) >= 11 is 0. The van der Waals surface area contributed by atoms with E-state index in [1.54, 1.807) is 77.0 Å². The van der Waals surface area contributed by atoms with E-state index < -0.39 is 24.0 Å². The molecule has 1 amide bonds. The van der Waals surface area contributed by atoms with E-state index in [2.05, 4.69) is 53.3 Å². The second-order valence-electron chi connectivity index (χ2n) is 19.5. The van der Waals surface area contributed by atoms with Gasteiger partial charge in [-0.25, -0.2) is 30.2 Å². The first-order valence-corrected chi connectivity index (χ1v) is 27.2. The Morgan fingerprint density at radius 3 is 1.34 bits per heavy atom. The van der Waals surface area contributed by atoms with Gasteiger partial charge in [0.15, 0.2) is 0 Å². The molecule has 440 valence electrons. The highest BCUT2D eigenvalue weighted by Crippen LogP contribution is 2.31. The molecule has 10 aromatic rings. The van der Waals surface area contributed by atoms with Crippen LogP contribution in [0.3, 0.4) is 0 Å². The third-order valence-corrected chi connectivity index (χ3v) is 14.0. The Morgan fingerprint density at radius 2 is 0.977 bits per heavy atom. The number of ether oxygens (including phenoxy) is 1. The average Bonchev–Trinajstić information content (AvgIpc) is 0.951. The normalized spacial score (nSPS) is 11.4. The number of aromatic nitrogens is 8. The van der Waals surface area contributed by atoms with Crippen molar-refractivity contribution in [1.82, 2.24) is 44.5 Å². The van der Waals surface area contributed by atoms with E-state index in [1.807, 2.05) is 111 Å². The number of hydrogen-bond acceptors (Lipinski definition) is 20. The van der Waals surface area contributed by atoms with E-state index >= 15 is 0 Å². The number of carbonyl (C=O) groups excluding carboxylic acids is 2. The maximum atomic E-state index is 14.3. The lowest BCUT2D eigenvalue weighted by Crippen LogP contribution is -2.29. The minimum absolute atomic E-state index is 0. The lowest BCUT2D eigenvalue weighted by molar-refractivity contribution is 0.0600. The number of nitrogen functional groups attached to an aromatic ring is 2. The maximum Gasteiger partial charge on any atom is 0.337 e. The van der Waals surface area contributed by atoms with Gasteiger partial charge in [-0.3, -0.25) is 28.7 Å². The number of aryl methyl sites for hydroxylation is 2. The summed E-state index contributed by atoms with van der Waals surface area (Å²) in [5.41, 5.74) is 20.4. The lowest BCUT2D eigenvalue weighted by Gasteiger charge is -2.23.